The van der Waals surface area contributed by atoms with Gasteiger partial charge in [-0.05, 0) is 30.5 Å². The predicted octanol–water partition coefficient (Wildman–Crippen LogP) is 3.05. The summed E-state index contributed by atoms with van der Waals surface area (Å²) in [6.45, 7) is 1.33. The van der Waals surface area contributed by atoms with Crippen LogP contribution in [0.2, 0.25) is 5.02 Å². The average Bonchev–Trinajstić information content (AvgIpc) is 3.46. The van der Waals surface area contributed by atoms with Crippen LogP contribution in [-0.4, -0.2) is 54.1 Å². The summed E-state index contributed by atoms with van der Waals surface area (Å²) < 4.78 is 73.6. The Bertz CT molecular complexity index is 1070. The minimum Gasteiger partial charge on any atom is -0.378 e. The fourth-order valence-corrected chi connectivity index (χ4v) is 6.00. The predicted molar refractivity (Wildman–Crippen MR) is 112 cm³/mol. The van der Waals surface area contributed by atoms with Crippen molar-refractivity contribution in [2.24, 2.45) is 13.0 Å². The maximum absolute atomic E-state index is 13.1. The van der Waals surface area contributed by atoms with Gasteiger partial charge in [0.05, 0.1) is 18.0 Å². The van der Waals surface area contributed by atoms with E-state index in [1.165, 1.54) is 22.9 Å². The van der Waals surface area contributed by atoms with Gasteiger partial charge in [-0.3, -0.25) is 0 Å². The number of hydrogen-bond donors (Lipinski definition) is 1. The zero-order chi connectivity index (χ0) is 23.1. The maximum Gasteiger partial charge on any atom is 0.416 e. The molecular weight excluding hydrogens is 469 g/mol. The molecule has 4 rings (SSSR count). The van der Waals surface area contributed by atoms with Crippen molar-refractivity contribution in [3.63, 3.8) is 0 Å². The Balaban J connectivity index is 1.51. The van der Waals surface area contributed by atoms with Gasteiger partial charge in [0.2, 0.25) is 0 Å². The highest BCUT2D eigenvalue weighted by Gasteiger charge is 2.44. The van der Waals surface area contributed by atoms with Crippen molar-refractivity contribution in [3.8, 4) is 0 Å². The van der Waals surface area contributed by atoms with E-state index in [9.17, 15) is 21.6 Å². The van der Waals surface area contributed by atoms with Crippen molar-refractivity contribution in [1.82, 2.24) is 19.2 Å². The molecule has 7 nitrogen and oxygen atoms in total. The van der Waals surface area contributed by atoms with Crippen LogP contribution in [0.4, 0.5) is 13.2 Å². The molecule has 32 heavy (non-hydrogen) atoms. The number of ether oxygens (including phenoxy) is 1. The van der Waals surface area contributed by atoms with Crippen LogP contribution in [0.15, 0.2) is 35.7 Å². The highest BCUT2D eigenvalue weighted by Crippen LogP contribution is 2.34. The van der Waals surface area contributed by atoms with Crippen LogP contribution in [-0.2, 0) is 34.5 Å². The molecule has 0 amide bonds. The second-order valence-electron chi connectivity index (χ2n) is 8.21. The fourth-order valence-electron chi connectivity index (χ4n) is 4.28. The first-order valence-corrected chi connectivity index (χ1v) is 12.1. The second-order valence-corrected chi connectivity index (χ2v) is 10.5. The molecule has 1 unspecified atom stereocenters. The lowest BCUT2D eigenvalue weighted by molar-refractivity contribution is -0.137. The molecule has 176 valence electrons. The van der Waals surface area contributed by atoms with Crippen molar-refractivity contribution >= 4 is 21.6 Å². The van der Waals surface area contributed by atoms with Crippen molar-refractivity contribution < 1.29 is 26.3 Å². The van der Waals surface area contributed by atoms with Gasteiger partial charge < -0.3 is 14.6 Å². The van der Waals surface area contributed by atoms with Crippen LogP contribution < -0.4 is 5.32 Å². The molecule has 2 aliphatic heterocycles. The van der Waals surface area contributed by atoms with Gasteiger partial charge in [0, 0.05) is 56.5 Å². The first-order chi connectivity index (χ1) is 15.1. The summed E-state index contributed by atoms with van der Waals surface area (Å²) in [4.78, 5) is 3.99. The van der Waals surface area contributed by atoms with Crippen LogP contribution in [0, 0.1) is 5.92 Å². The summed E-state index contributed by atoms with van der Waals surface area (Å²) in [5, 5.41) is 3.30. The molecule has 1 N–H and O–H groups in total. The van der Waals surface area contributed by atoms with Crippen LogP contribution >= 0.6 is 11.6 Å². The number of sulfonamides is 1. The molecule has 1 aromatic carbocycles. The van der Waals surface area contributed by atoms with E-state index in [0.717, 1.165) is 25.0 Å². The van der Waals surface area contributed by atoms with E-state index in [1.54, 1.807) is 11.6 Å². The van der Waals surface area contributed by atoms with Crippen LogP contribution in [0.5, 0.6) is 0 Å². The highest BCUT2D eigenvalue weighted by atomic mass is 35.5. The Morgan fingerprint density at radius 1 is 1.31 bits per heavy atom. The lowest BCUT2D eigenvalue weighted by Gasteiger charge is -2.25. The third-order valence-corrected chi connectivity index (χ3v) is 8.06. The summed E-state index contributed by atoms with van der Waals surface area (Å²) >= 11 is 6.09. The van der Waals surface area contributed by atoms with E-state index in [4.69, 9.17) is 16.3 Å². The van der Waals surface area contributed by atoms with Gasteiger partial charge in [-0.25, -0.2) is 13.4 Å². The Morgan fingerprint density at radius 3 is 2.69 bits per heavy atom. The zero-order valence-electron chi connectivity index (χ0n) is 17.3. The Labute approximate surface area is 189 Å². The quantitative estimate of drug-likeness (QED) is 0.670. The zero-order valence-corrected chi connectivity index (χ0v) is 18.9. The van der Waals surface area contributed by atoms with Crippen LogP contribution in [0.3, 0.4) is 0 Å². The number of rotatable bonds is 6. The van der Waals surface area contributed by atoms with E-state index in [2.05, 4.69) is 10.3 Å². The summed E-state index contributed by atoms with van der Waals surface area (Å²) in [5.41, 5.74) is -0.297. The Hall–Kier alpha value is -1.66. The molecule has 2 aliphatic rings. The first-order valence-electron chi connectivity index (χ1n) is 10.2. The van der Waals surface area contributed by atoms with Crippen LogP contribution in [0.25, 0.3) is 0 Å². The highest BCUT2D eigenvalue weighted by molar-refractivity contribution is 7.89. The molecule has 3 heterocycles. The smallest absolute Gasteiger partial charge is 0.378 e. The second kappa shape index (κ2) is 8.94. The molecule has 0 radical (unpaired) electrons. The topological polar surface area (TPSA) is 76.5 Å². The van der Waals surface area contributed by atoms with E-state index in [1.807, 2.05) is 0 Å². The monoisotopic (exact) mass is 492 g/mol. The first kappa shape index (κ1) is 23.5. The average molecular weight is 493 g/mol. The van der Waals surface area contributed by atoms with E-state index < -0.39 is 21.8 Å². The Morgan fingerprint density at radius 2 is 2.09 bits per heavy atom. The third kappa shape index (κ3) is 4.81. The third-order valence-electron chi connectivity index (χ3n) is 5.99. The molecule has 2 fully saturated rings. The summed E-state index contributed by atoms with van der Waals surface area (Å²) in [7, 11) is -2.07. The molecule has 1 aromatic heterocycles. The van der Waals surface area contributed by atoms with Gasteiger partial charge in [0.15, 0.2) is 5.03 Å². The fraction of sp³-hybridized carbons (Fsp3) is 0.550. The largest absolute Gasteiger partial charge is 0.416 e. The number of hydrogen-bond acceptors (Lipinski definition) is 5. The van der Waals surface area contributed by atoms with Crippen molar-refractivity contribution in [2.45, 2.75) is 42.7 Å². The molecule has 3 atom stereocenters. The SMILES string of the molecule is Cn1cnc(S(=O)(=O)N2C[C@@H](NCc3ccc(C(F)(F)F)cc3Cl)[C@H](C3CCCO3)C2)c1. The minimum absolute atomic E-state index is 0.0111. The lowest BCUT2D eigenvalue weighted by atomic mass is 9.94. The molecule has 2 aromatic rings. The van der Waals surface area contributed by atoms with Gasteiger partial charge in [0.25, 0.3) is 10.0 Å². The Kier molecular flexibility index (Phi) is 6.56. The molecule has 0 aliphatic carbocycles. The summed E-state index contributed by atoms with van der Waals surface area (Å²) in [5.74, 6) is -0.0933. The maximum atomic E-state index is 13.1. The lowest BCUT2D eigenvalue weighted by Crippen LogP contribution is -2.40. The van der Waals surface area contributed by atoms with Gasteiger partial charge in [-0.15, -0.1) is 0 Å². The standard InChI is InChI=1S/C20H24ClF3N4O3S/c1-27-11-19(26-12-27)32(29,30)28-9-15(18-3-2-6-31-18)17(10-28)25-8-13-4-5-14(7-16(13)21)20(22,23)24/h4-5,7,11-12,15,17-18,25H,2-3,6,8-10H2,1H3/t15-,17-,18?/m1/s1. The van der Waals surface area contributed by atoms with E-state index in [0.29, 0.717) is 12.2 Å². The van der Waals surface area contributed by atoms with Crippen LogP contribution in [0.1, 0.15) is 24.0 Å². The number of alkyl halides is 3. The molecule has 0 bridgehead atoms. The molecule has 12 heteroatoms. The van der Waals surface area contributed by atoms with E-state index in [-0.39, 0.29) is 47.7 Å². The normalized spacial score (nSPS) is 25.0. The van der Waals surface area contributed by atoms with Gasteiger partial charge in [-0.2, -0.15) is 17.5 Å². The number of aromatic nitrogens is 2. The number of aryl methyl sites for hydroxylation is 1. The molecule has 2 saturated heterocycles. The molecular formula is C20H24ClF3N4O3S. The van der Waals surface area contributed by atoms with Crippen molar-refractivity contribution in [3.05, 3.63) is 46.9 Å². The number of imidazole rings is 1. The number of halogens is 4. The van der Waals surface area contributed by atoms with Gasteiger partial charge in [-0.1, -0.05) is 17.7 Å². The van der Waals surface area contributed by atoms with Crippen molar-refractivity contribution in [2.75, 3.05) is 19.7 Å². The van der Waals surface area contributed by atoms with E-state index >= 15 is 0 Å². The van der Waals surface area contributed by atoms with Crippen molar-refractivity contribution in [1.29, 1.82) is 0 Å². The van der Waals surface area contributed by atoms with Gasteiger partial charge in [0.1, 0.15) is 0 Å². The summed E-state index contributed by atoms with van der Waals surface area (Å²) in [6, 6.07) is 3.00. The number of nitrogens with zero attached hydrogens (tertiary/aromatic N) is 3. The molecule has 0 saturated carbocycles. The number of nitrogens with one attached hydrogen (secondary N) is 1. The van der Waals surface area contributed by atoms with Gasteiger partial charge >= 0.3 is 6.18 Å². The minimum atomic E-state index is -4.47. The molecule has 0 spiro atoms. The summed E-state index contributed by atoms with van der Waals surface area (Å²) in [6.07, 6.45) is 0.0841. The number of benzene rings is 1.